The predicted molar refractivity (Wildman–Crippen MR) is 144 cm³/mol. The zero-order chi connectivity index (χ0) is 25.8. The molecule has 0 aliphatic heterocycles. The van der Waals surface area contributed by atoms with E-state index < -0.39 is 5.97 Å². The van der Waals surface area contributed by atoms with E-state index in [4.69, 9.17) is 13.9 Å². The van der Waals surface area contributed by atoms with Gasteiger partial charge in [-0.15, -0.1) is 0 Å². The average Bonchev–Trinajstić information content (AvgIpc) is 3.32. The molecule has 4 aromatic carbocycles. The van der Waals surface area contributed by atoms with E-state index >= 15 is 0 Å². The summed E-state index contributed by atoms with van der Waals surface area (Å²) in [5.41, 5.74) is 3.86. The third-order valence-electron chi connectivity index (χ3n) is 6.01. The first kappa shape index (κ1) is 23.8. The van der Waals surface area contributed by atoms with Gasteiger partial charge in [0, 0.05) is 22.1 Å². The van der Waals surface area contributed by atoms with Crippen LogP contribution in [0.5, 0.6) is 11.5 Å². The van der Waals surface area contributed by atoms with Crippen LogP contribution in [-0.4, -0.2) is 18.9 Å². The first-order valence-corrected chi connectivity index (χ1v) is 11.8. The molecule has 5 aromatic rings. The van der Waals surface area contributed by atoms with Gasteiger partial charge in [0.1, 0.15) is 28.4 Å². The van der Waals surface area contributed by atoms with Crippen LogP contribution >= 0.6 is 0 Å². The summed E-state index contributed by atoms with van der Waals surface area (Å²) in [6.45, 7) is 1.97. The third-order valence-corrected chi connectivity index (χ3v) is 6.01. The van der Waals surface area contributed by atoms with Gasteiger partial charge >= 0.3 is 5.97 Å². The van der Waals surface area contributed by atoms with Crippen molar-refractivity contribution in [2.45, 2.75) is 6.92 Å². The third kappa shape index (κ3) is 5.07. The smallest absolute Gasteiger partial charge is 0.348 e. The minimum absolute atomic E-state index is 0.139. The molecule has 5 nitrogen and oxygen atoms in total. The number of rotatable bonds is 7. The highest BCUT2D eigenvalue weighted by atomic mass is 16.5. The molecule has 0 saturated carbocycles. The van der Waals surface area contributed by atoms with Crippen molar-refractivity contribution in [2.24, 2.45) is 0 Å². The van der Waals surface area contributed by atoms with E-state index in [0.717, 1.165) is 11.1 Å². The SMILES string of the molecule is COc1ccc2oc(-c3ccccc3)c(C(=O)Oc3ccccc3/C=C/C(=O)c3ccc(C)cc3)c2c1. The number of fused-ring (bicyclic) bond motifs is 1. The topological polar surface area (TPSA) is 65.7 Å². The standard InChI is InChI=1S/C32H24O5/c1-21-12-14-22(15-13-21)27(33)18-16-23-8-6-7-11-28(23)37-32(34)30-26-20-25(35-2)17-19-29(26)36-31(30)24-9-4-3-5-10-24/h3-20H,1-2H3/b18-16+. The molecule has 0 aliphatic rings. The van der Waals surface area contributed by atoms with Crippen LogP contribution in [-0.2, 0) is 0 Å². The van der Waals surface area contributed by atoms with Gasteiger partial charge in [-0.25, -0.2) is 4.79 Å². The van der Waals surface area contributed by atoms with Crippen molar-refractivity contribution < 1.29 is 23.5 Å². The second-order valence-corrected chi connectivity index (χ2v) is 8.53. The Hall–Kier alpha value is -4.90. The van der Waals surface area contributed by atoms with Gasteiger partial charge in [-0.3, -0.25) is 4.79 Å². The quantitative estimate of drug-likeness (QED) is 0.103. The lowest BCUT2D eigenvalue weighted by Crippen LogP contribution is -2.10. The van der Waals surface area contributed by atoms with Gasteiger partial charge < -0.3 is 13.9 Å². The fraction of sp³-hybridized carbons (Fsp3) is 0.0625. The molecule has 182 valence electrons. The molecule has 0 amide bonds. The molecular weight excluding hydrogens is 464 g/mol. The van der Waals surface area contributed by atoms with Crippen LogP contribution in [0.15, 0.2) is 108 Å². The van der Waals surface area contributed by atoms with Gasteiger partial charge in [0.25, 0.3) is 0 Å². The van der Waals surface area contributed by atoms with Crippen molar-refractivity contribution in [1.29, 1.82) is 0 Å². The maximum absolute atomic E-state index is 13.6. The van der Waals surface area contributed by atoms with Gasteiger partial charge in [0.2, 0.25) is 0 Å². The van der Waals surface area contributed by atoms with Crippen molar-refractivity contribution in [2.75, 3.05) is 7.11 Å². The number of ether oxygens (including phenoxy) is 2. The lowest BCUT2D eigenvalue weighted by molar-refractivity contribution is 0.0736. The summed E-state index contributed by atoms with van der Waals surface area (Å²) >= 11 is 0. The number of benzene rings is 4. The van der Waals surface area contributed by atoms with E-state index in [-0.39, 0.29) is 5.78 Å². The minimum Gasteiger partial charge on any atom is -0.497 e. The first-order chi connectivity index (χ1) is 18.0. The highest BCUT2D eigenvalue weighted by Crippen LogP contribution is 2.36. The molecule has 1 aromatic heterocycles. The number of furan rings is 1. The number of para-hydroxylation sites is 1. The Morgan fingerprint density at radius 3 is 2.32 bits per heavy atom. The number of aryl methyl sites for hydroxylation is 1. The number of hydrogen-bond donors (Lipinski definition) is 0. The molecule has 0 saturated heterocycles. The summed E-state index contributed by atoms with van der Waals surface area (Å²) in [6.07, 6.45) is 3.13. The van der Waals surface area contributed by atoms with Crippen LogP contribution in [0.3, 0.4) is 0 Å². The number of ketones is 1. The molecule has 0 fully saturated rings. The maximum Gasteiger partial charge on any atom is 0.348 e. The molecule has 0 N–H and O–H groups in total. The largest absolute Gasteiger partial charge is 0.497 e. The highest BCUT2D eigenvalue weighted by molar-refractivity contribution is 6.10. The summed E-state index contributed by atoms with van der Waals surface area (Å²) in [5.74, 6) is 0.630. The van der Waals surface area contributed by atoms with Crippen LogP contribution in [0.25, 0.3) is 28.4 Å². The fourth-order valence-corrected chi connectivity index (χ4v) is 4.04. The van der Waals surface area contributed by atoms with Gasteiger partial charge in [0.05, 0.1) is 7.11 Å². The van der Waals surface area contributed by atoms with Crippen LogP contribution in [0.4, 0.5) is 0 Å². The summed E-state index contributed by atoms with van der Waals surface area (Å²) in [5, 5.41) is 0.589. The molecule has 0 unspecified atom stereocenters. The molecule has 37 heavy (non-hydrogen) atoms. The number of carbonyl (C=O) groups is 2. The van der Waals surface area contributed by atoms with Crippen molar-refractivity contribution in [3.63, 3.8) is 0 Å². The molecule has 0 radical (unpaired) electrons. The van der Waals surface area contributed by atoms with E-state index in [2.05, 4.69) is 0 Å². The molecular formula is C32H24O5. The molecule has 0 aliphatic carbocycles. The Labute approximate surface area is 214 Å². The van der Waals surface area contributed by atoms with Crippen molar-refractivity contribution in [3.05, 3.63) is 125 Å². The van der Waals surface area contributed by atoms with E-state index in [1.807, 2.05) is 55.5 Å². The fourth-order valence-electron chi connectivity index (χ4n) is 4.04. The summed E-state index contributed by atoms with van der Waals surface area (Å²) in [4.78, 5) is 26.3. The van der Waals surface area contributed by atoms with Gasteiger partial charge in [-0.05, 0) is 43.3 Å². The Kier molecular flexibility index (Phi) is 6.68. The molecule has 0 spiro atoms. The number of methoxy groups -OCH3 is 1. The Morgan fingerprint density at radius 1 is 0.838 bits per heavy atom. The van der Waals surface area contributed by atoms with Crippen LogP contribution < -0.4 is 9.47 Å². The van der Waals surface area contributed by atoms with Crippen molar-refractivity contribution >= 4 is 28.8 Å². The zero-order valence-electron chi connectivity index (χ0n) is 20.4. The molecule has 0 bridgehead atoms. The van der Waals surface area contributed by atoms with Crippen LogP contribution in [0.2, 0.25) is 0 Å². The summed E-state index contributed by atoms with van der Waals surface area (Å²) in [6, 6.07) is 29.1. The predicted octanol–water partition coefficient (Wildman–Crippen LogP) is 7.53. The Balaban J connectivity index is 1.50. The van der Waals surface area contributed by atoms with Gasteiger partial charge in [0.15, 0.2) is 5.78 Å². The number of carbonyl (C=O) groups excluding carboxylic acids is 2. The Bertz CT molecular complexity index is 1610. The van der Waals surface area contributed by atoms with E-state index in [1.165, 1.54) is 6.08 Å². The second kappa shape index (κ2) is 10.4. The Morgan fingerprint density at radius 2 is 1.57 bits per heavy atom. The summed E-state index contributed by atoms with van der Waals surface area (Å²) < 4.78 is 17.4. The first-order valence-electron chi connectivity index (χ1n) is 11.8. The molecule has 1 heterocycles. The lowest BCUT2D eigenvalue weighted by Gasteiger charge is -2.08. The van der Waals surface area contributed by atoms with Crippen LogP contribution in [0, 0.1) is 6.92 Å². The van der Waals surface area contributed by atoms with Crippen molar-refractivity contribution in [1.82, 2.24) is 0 Å². The monoisotopic (exact) mass is 488 g/mol. The van der Waals surface area contributed by atoms with E-state index in [9.17, 15) is 9.59 Å². The number of hydrogen-bond acceptors (Lipinski definition) is 5. The maximum atomic E-state index is 13.6. The van der Waals surface area contributed by atoms with E-state index in [0.29, 0.717) is 44.9 Å². The van der Waals surface area contributed by atoms with E-state index in [1.54, 1.807) is 61.7 Å². The van der Waals surface area contributed by atoms with Crippen molar-refractivity contribution in [3.8, 4) is 22.8 Å². The number of allylic oxidation sites excluding steroid dienone is 1. The molecule has 5 rings (SSSR count). The average molecular weight is 489 g/mol. The molecule has 0 atom stereocenters. The van der Waals surface area contributed by atoms with Crippen LogP contribution in [0.1, 0.15) is 31.8 Å². The normalized spacial score (nSPS) is 11.1. The highest BCUT2D eigenvalue weighted by Gasteiger charge is 2.25. The molecule has 5 heteroatoms. The number of esters is 1. The summed E-state index contributed by atoms with van der Waals surface area (Å²) in [7, 11) is 1.57. The second-order valence-electron chi connectivity index (χ2n) is 8.53. The zero-order valence-corrected chi connectivity index (χ0v) is 20.4. The lowest BCUT2D eigenvalue weighted by atomic mass is 10.1. The van der Waals surface area contributed by atoms with Gasteiger partial charge in [-0.2, -0.15) is 0 Å². The minimum atomic E-state index is -0.573. The van der Waals surface area contributed by atoms with Gasteiger partial charge in [-0.1, -0.05) is 78.4 Å².